The van der Waals surface area contributed by atoms with Crippen molar-refractivity contribution >= 4 is 11.8 Å². The molecule has 0 saturated carbocycles. The van der Waals surface area contributed by atoms with Gasteiger partial charge in [-0.15, -0.1) is 0 Å². The maximum atomic E-state index is 12.6. The first-order valence-electron chi connectivity index (χ1n) is 9.28. The molecule has 150 valence electrons. The number of aryl methyl sites for hydroxylation is 1. The number of nitrogens with one attached hydrogen (secondary N) is 2. The van der Waals surface area contributed by atoms with Crippen LogP contribution in [0.15, 0.2) is 71.4 Å². The zero-order valence-corrected chi connectivity index (χ0v) is 16.4. The van der Waals surface area contributed by atoms with Crippen LogP contribution < -0.4 is 10.9 Å². The van der Waals surface area contributed by atoms with Gasteiger partial charge in [0, 0.05) is 29.2 Å². The van der Waals surface area contributed by atoms with Gasteiger partial charge in [-0.05, 0) is 32.0 Å². The van der Waals surface area contributed by atoms with Crippen LogP contribution in [0.4, 0.5) is 0 Å². The minimum absolute atomic E-state index is 0.0631. The Morgan fingerprint density at radius 1 is 0.933 bits per heavy atom. The van der Waals surface area contributed by atoms with Gasteiger partial charge in [0.05, 0.1) is 5.56 Å². The topological polar surface area (TPSA) is 102 Å². The molecule has 30 heavy (non-hydrogen) atoms. The van der Waals surface area contributed by atoms with Gasteiger partial charge in [-0.25, -0.2) is 4.98 Å². The van der Waals surface area contributed by atoms with E-state index < -0.39 is 11.8 Å². The highest BCUT2D eigenvalue weighted by atomic mass is 16.5. The van der Waals surface area contributed by atoms with Gasteiger partial charge in [-0.1, -0.05) is 41.6 Å². The molecule has 8 heteroatoms. The van der Waals surface area contributed by atoms with Gasteiger partial charge in [-0.2, -0.15) is 0 Å². The van der Waals surface area contributed by atoms with Crippen molar-refractivity contribution in [2.75, 3.05) is 0 Å². The molecule has 0 atom stereocenters. The van der Waals surface area contributed by atoms with Crippen LogP contribution in [0.1, 0.15) is 32.2 Å². The van der Waals surface area contributed by atoms with Gasteiger partial charge in [0.25, 0.3) is 11.8 Å². The number of rotatable bonds is 4. The number of amides is 2. The van der Waals surface area contributed by atoms with E-state index in [0.29, 0.717) is 22.8 Å². The molecular weight excluding hydrogens is 382 g/mol. The number of hydrogen-bond acceptors (Lipinski definition) is 5. The van der Waals surface area contributed by atoms with Crippen LogP contribution in [0, 0.1) is 13.8 Å². The molecule has 0 aliphatic carbocycles. The molecule has 2 N–H and O–H groups in total. The fourth-order valence-corrected chi connectivity index (χ4v) is 3.20. The third-order valence-electron chi connectivity index (χ3n) is 4.64. The lowest BCUT2D eigenvalue weighted by Crippen LogP contribution is -2.41. The lowest BCUT2D eigenvalue weighted by atomic mass is 10.1. The van der Waals surface area contributed by atoms with Crippen molar-refractivity contribution in [1.29, 1.82) is 0 Å². The molecule has 0 bridgehead atoms. The van der Waals surface area contributed by atoms with Crippen LogP contribution >= 0.6 is 0 Å². The van der Waals surface area contributed by atoms with Crippen molar-refractivity contribution in [1.82, 2.24) is 25.6 Å². The highest BCUT2D eigenvalue weighted by Crippen LogP contribution is 2.20. The molecule has 8 nitrogen and oxygen atoms in total. The van der Waals surface area contributed by atoms with Crippen LogP contribution in [-0.2, 0) is 0 Å². The summed E-state index contributed by atoms with van der Waals surface area (Å²) in [5.74, 6) is 0.163. The molecule has 0 spiro atoms. The normalized spacial score (nSPS) is 10.6. The predicted octanol–water partition coefficient (Wildman–Crippen LogP) is 3.22. The van der Waals surface area contributed by atoms with Gasteiger partial charge < -0.3 is 9.09 Å². The number of pyridine rings is 1. The van der Waals surface area contributed by atoms with E-state index in [9.17, 15) is 9.59 Å². The Balaban J connectivity index is 1.45. The second kappa shape index (κ2) is 8.04. The second-order valence-electron chi connectivity index (χ2n) is 6.66. The molecule has 0 fully saturated rings. The Bertz CT molecular complexity index is 1200. The van der Waals surface area contributed by atoms with Gasteiger partial charge in [-0.3, -0.25) is 20.4 Å². The van der Waals surface area contributed by atoms with Crippen molar-refractivity contribution in [3.8, 4) is 17.1 Å². The second-order valence-corrected chi connectivity index (χ2v) is 6.66. The summed E-state index contributed by atoms with van der Waals surface area (Å²) < 4.78 is 7.09. The molecule has 0 saturated heterocycles. The minimum atomic E-state index is -0.576. The van der Waals surface area contributed by atoms with E-state index in [1.165, 1.54) is 6.07 Å². The van der Waals surface area contributed by atoms with Crippen LogP contribution in [-0.4, -0.2) is 26.5 Å². The number of benzene rings is 1. The molecule has 2 amide bonds. The predicted molar refractivity (Wildman–Crippen MR) is 110 cm³/mol. The van der Waals surface area contributed by atoms with Gasteiger partial charge >= 0.3 is 0 Å². The highest BCUT2D eigenvalue weighted by Gasteiger charge is 2.19. The van der Waals surface area contributed by atoms with E-state index >= 15 is 0 Å². The number of nitrogens with zero attached hydrogens (tertiary/aromatic N) is 3. The van der Waals surface area contributed by atoms with E-state index in [2.05, 4.69) is 21.0 Å². The smallest absolute Gasteiger partial charge is 0.291 e. The summed E-state index contributed by atoms with van der Waals surface area (Å²) in [4.78, 5) is 29.3. The van der Waals surface area contributed by atoms with Crippen LogP contribution in [0.25, 0.3) is 17.1 Å². The summed E-state index contributed by atoms with van der Waals surface area (Å²) in [6.45, 7) is 3.71. The van der Waals surface area contributed by atoms with Crippen molar-refractivity contribution in [3.05, 3.63) is 89.5 Å². The van der Waals surface area contributed by atoms with Crippen LogP contribution in [0.3, 0.4) is 0 Å². The molecule has 4 rings (SSSR count). The first-order chi connectivity index (χ1) is 14.5. The lowest BCUT2D eigenvalue weighted by Gasteiger charge is -2.09. The summed E-state index contributed by atoms with van der Waals surface area (Å²) in [5.41, 5.74) is 7.66. The number of carbonyl (C=O) groups excluding carboxylic acids is 2. The lowest BCUT2D eigenvalue weighted by molar-refractivity contribution is 0.0841. The van der Waals surface area contributed by atoms with Crippen LogP contribution in [0.5, 0.6) is 0 Å². The van der Waals surface area contributed by atoms with E-state index in [1.807, 2.05) is 66.9 Å². The van der Waals surface area contributed by atoms with Gasteiger partial charge in [0.2, 0.25) is 0 Å². The SMILES string of the molecule is Cc1cc(C(=O)NNC(=O)c2cc(-c3ccccc3)on2)c(C)n1-c1ccccn1. The minimum Gasteiger partial charge on any atom is -0.355 e. The van der Waals surface area contributed by atoms with Crippen molar-refractivity contribution in [2.45, 2.75) is 13.8 Å². The maximum Gasteiger partial charge on any atom is 0.291 e. The summed E-state index contributed by atoms with van der Waals surface area (Å²) in [6.07, 6.45) is 1.69. The molecule has 4 aromatic rings. The fraction of sp³-hybridized carbons (Fsp3) is 0.0909. The summed E-state index contributed by atoms with van der Waals surface area (Å²) in [5, 5.41) is 3.77. The van der Waals surface area contributed by atoms with E-state index in [0.717, 1.165) is 11.3 Å². The highest BCUT2D eigenvalue weighted by molar-refractivity contribution is 5.99. The monoisotopic (exact) mass is 401 g/mol. The maximum absolute atomic E-state index is 12.6. The number of hydrazine groups is 1. The molecule has 0 aliphatic heterocycles. The zero-order valence-electron chi connectivity index (χ0n) is 16.4. The quantitative estimate of drug-likeness (QED) is 0.511. The molecule has 3 aromatic heterocycles. The van der Waals surface area contributed by atoms with Crippen LogP contribution in [0.2, 0.25) is 0 Å². The number of carbonyl (C=O) groups is 2. The largest absolute Gasteiger partial charge is 0.355 e. The average Bonchev–Trinajstić information content (AvgIpc) is 3.38. The molecule has 1 aromatic carbocycles. The molecule has 0 unspecified atom stereocenters. The van der Waals surface area contributed by atoms with Crippen molar-refractivity contribution in [3.63, 3.8) is 0 Å². The Morgan fingerprint density at radius 2 is 1.67 bits per heavy atom. The van der Waals surface area contributed by atoms with Crippen molar-refractivity contribution in [2.24, 2.45) is 0 Å². The Morgan fingerprint density at radius 3 is 2.40 bits per heavy atom. The average molecular weight is 401 g/mol. The summed E-state index contributed by atoms with van der Waals surface area (Å²) in [6, 6.07) is 18.1. The first kappa shape index (κ1) is 19.1. The first-order valence-corrected chi connectivity index (χ1v) is 9.28. The Labute approximate surface area is 172 Å². The summed E-state index contributed by atoms with van der Waals surface area (Å²) in [7, 11) is 0. The zero-order chi connectivity index (χ0) is 21.1. The molecule has 3 heterocycles. The number of hydrogen-bond donors (Lipinski definition) is 2. The third kappa shape index (κ3) is 3.70. The van der Waals surface area contributed by atoms with Gasteiger partial charge in [0.1, 0.15) is 5.82 Å². The summed E-state index contributed by atoms with van der Waals surface area (Å²) >= 11 is 0. The Hall–Kier alpha value is -4.20. The number of aromatic nitrogens is 3. The van der Waals surface area contributed by atoms with E-state index in [1.54, 1.807) is 12.3 Å². The fourth-order valence-electron chi connectivity index (χ4n) is 3.20. The Kier molecular flexibility index (Phi) is 5.13. The molecule has 0 aliphatic rings. The molecule has 0 radical (unpaired) electrons. The van der Waals surface area contributed by atoms with E-state index in [-0.39, 0.29) is 5.69 Å². The molecular formula is C22H19N5O3. The van der Waals surface area contributed by atoms with E-state index in [4.69, 9.17) is 4.52 Å². The third-order valence-corrected chi connectivity index (χ3v) is 4.64. The standard InChI is InChI=1S/C22H19N5O3/c1-14-12-17(15(2)27(14)20-10-6-7-11-23-20)21(28)24-25-22(29)18-13-19(30-26-18)16-8-4-3-5-9-16/h3-13H,1-2H3,(H,24,28)(H,25,29). The van der Waals surface area contributed by atoms with Crippen molar-refractivity contribution < 1.29 is 14.1 Å². The van der Waals surface area contributed by atoms with Gasteiger partial charge in [0.15, 0.2) is 11.5 Å².